The van der Waals surface area contributed by atoms with Crippen LogP contribution in [0.5, 0.6) is 5.75 Å². The van der Waals surface area contributed by atoms with Crippen molar-refractivity contribution in [2.75, 3.05) is 24.5 Å². The van der Waals surface area contributed by atoms with E-state index in [0.717, 1.165) is 11.1 Å². The number of phenolic OH excluding ortho intramolecular Hbond substituents is 1. The number of pyridine rings is 1. The first-order valence-electron chi connectivity index (χ1n) is 8.59. The Kier molecular flexibility index (Phi) is 4.79. The number of aromatic hydroxyl groups is 1. The van der Waals surface area contributed by atoms with Crippen LogP contribution in [0.15, 0.2) is 53.6 Å². The molecule has 0 saturated carbocycles. The molecule has 0 bridgehead atoms. The van der Waals surface area contributed by atoms with Crippen molar-refractivity contribution in [3.63, 3.8) is 0 Å². The van der Waals surface area contributed by atoms with Crippen molar-refractivity contribution in [1.82, 2.24) is 20.3 Å². The van der Waals surface area contributed by atoms with Gasteiger partial charge >= 0.3 is 0 Å². The number of anilines is 1. The molecule has 7 nitrogen and oxygen atoms in total. The van der Waals surface area contributed by atoms with Crippen LogP contribution in [-0.2, 0) is 0 Å². The maximum atomic E-state index is 12.4. The minimum Gasteiger partial charge on any atom is -0.508 e. The van der Waals surface area contributed by atoms with Crippen molar-refractivity contribution in [1.29, 1.82) is 0 Å². The van der Waals surface area contributed by atoms with Gasteiger partial charge < -0.3 is 20.3 Å². The molecule has 1 saturated heterocycles. The molecule has 0 spiro atoms. The Balaban J connectivity index is 1.68. The number of H-pyrrole nitrogens is 1. The van der Waals surface area contributed by atoms with Crippen LogP contribution < -0.4 is 15.8 Å². The summed E-state index contributed by atoms with van der Waals surface area (Å²) in [5, 5.41) is 13.2. The molecule has 3 heterocycles. The number of nitrogens with one attached hydrogen (secondary N) is 2. The fourth-order valence-corrected chi connectivity index (χ4v) is 3.42. The van der Waals surface area contributed by atoms with Gasteiger partial charge in [-0.2, -0.15) is 0 Å². The van der Waals surface area contributed by atoms with Gasteiger partial charge in [0.2, 0.25) is 0 Å². The van der Waals surface area contributed by atoms with Crippen LogP contribution in [0.2, 0.25) is 5.02 Å². The molecule has 1 aromatic carbocycles. The first kappa shape index (κ1) is 17.5. The minimum atomic E-state index is -0.374. The zero-order valence-electron chi connectivity index (χ0n) is 14.4. The smallest absolute Gasteiger partial charge is 0.272 e. The van der Waals surface area contributed by atoms with Gasteiger partial charge in [-0.25, -0.2) is 4.98 Å². The quantitative estimate of drug-likeness (QED) is 0.642. The highest BCUT2D eigenvalue weighted by Gasteiger charge is 2.25. The summed E-state index contributed by atoms with van der Waals surface area (Å²) in [5.41, 5.74) is 1.36. The number of hydrogen-bond donors (Lipinski definition) is 3. The third-order valence-electron chi connectivity index (χ3n) is 4.55. The average molecular weight is 384 g/mol. The van der Waals surface area contributed by atoms with E-state index in [0.29, 0.717) is 31.3 Å². The Hall–Kier alpha value is -2.90. The number of aromatic amines is 1. The Morgan fingerprint density at radius 2 is 2.04 bits per heavy atom. The van der Waals surface area contributed by atoms with Gasteiger partial charge in [0.05, 0.1) is 6.04 Å². The number of rotatable bonds is 3. The number of benzene rings is 1. The number of phenols is 1. The Morgan fingerprint density at radius 1 is 1.22 bits per heavy atom. The summed E-state index contributed by atoms with van der Waals surface area (Å²) in [6.07, 6.45) is 3.29. The molecule has 0 radical (unpaired) electrons. The van der Waals surface area contributed by atoms with E-state index in [-0.39, 0.29) is 22.4 Å². The molecule has 3 N–H and O–H groups in total. The highest BCUT2D eigenvalue weighted by atomic mass is 35.5. The molecule has 3 aromatic rings. The van der Waals surface area contributed by atoms with Crippen molar-refractivity contribution < 1.29 is 5.11 Å². The summed E-state index contributed by atoms with van der Waals surface area (Å²) in [6, 6.07) is 10.7. The predicted octanol–water partition coefficient (Wildman–Crippen LogP) is 2.34. The van der Waals surface area contributed by atoms with Gasteiger partial charge in [0.15, 0.2) is 5.82 Å². The van der Waals surface area contributed by atoms with E-state index in [4.69, 9.17) is 11.6 Å². The molecule has 1 aliphatic rings. The lowest BCUT2D eigenvalue weighted by Gasteiger charge is -2.35. The van der Waals surface area contributed by atoms with Crippen molar-refractivity contribution in [2.45, 2.75) is 6.04 Å². The van der Waals surface area contributed by atoms with Crippen molar-refractivity contribution in [3.05, 3.63) is 69.7 Å². The Bertz CT molecular complexity index is 1010. The van der Waals surface area contributed by atoms with E-state index < -0.39 is 0 Å². The molecular weight excluding hydrogens is 366 g/mol. The lowest BCUT2D eigenvalue weighted by molar-refractivity contribution is 0.456. The van der Waals surface area contributed by atoms with Crippen LogP contribution in [0.25, 0.3) is 11.4 Å². The molecule has 4 rings (SSSR count). The van der Waals surface area contributed by atoms with Gasteiger partial charge in [0.25, 0.3) is 5.56 Å². The molecular formula is C19H18ClN5O2. The van der Waals surface area contributed by atoms with Gasteiger partial charge in [-0.15, -0.1) is 0 Å². The van der Waals surface area contributed by atoms with Crippen LogP contribution >= 0.6 is 11.6 Å². The lowest BCUT2D eigenvalue weighted by atomic mass is 10.0. The molecule has 8 heteroatoms. The van der Waals surface area contributed by atoms with E-state index in [9.17, 15) is 9.90 Å². The van der Waals surface area contributed by atoms with Crippen LogP contribution in [0.3, 0.4) is 0 Å². The highest BCUT2D eigenvalue weighted by molar-refractivity contribution is 6.32. The second-order valence-corrected chi connectivity index (χ2v) is 6.71. The molecule has 27 heavy (non-hydrogen) atoms. The average Bonchev–Trinajstić information content (AvgIpc) is 2.71. The van der Waals surface area contributed by atoms with Crippen LogP contribution in [0.1, 0.15) is 11.6 Å². The van der Waals surface area contributed by atoms with Gasteiger partial charge in [0, 0.05) is 37.6 Å². The zero-order chi connectivity index (χ0) is 18.8. The second-order valence-electron chi connectivity index (χ2n) is 6.34. The van der Waals surface area contributed by atoms with E-state index in [2.05, 4.69) is 20.3 Å². The van der Waals surface area contributed by atoms with Crippen LogP contribution in [0.4, 0.5) is 5.82 Å². The first-order valence-corrected chi connectivity index (χ1v) is 8.97. The summed E-state index contributed by atoms with van der Waals surface area (Å²) >= 11 is 6.28. The van der Waals surface area contributed by atoms with Gasteiger partial charge in [0.1, 0.15) is 16.6 Å². The lowest BCUT2D eigenvalue weighted by Crippen LogP contribution is -2.46. The Morgan fingerprint density at radius 3 is 2.81 bits per heavy atom. The largest absolute Gasteiger partial charge is 0.508 e. The van der Waals surface area contributed by atoms with Gasteiger partial charge in [-0.1, -0.05) is 23.7 Å². The second kappa shape index (κ2) is 7.38. The third-order valence-corrected chi connectivity index (χ3v) is 4.89. The Labute approximate surface area is 160 Å². The van der Waals surface area contributed by atoms with E-state index >= 15 is 0 Å². The van der Waals surface area contributed by atoms with Gasteiger partial charge in [-0.05, 0) is 29.8 Å². The highest BCUT2D eigenvalue weighted by Crippen LogP contribution is 2.27. The maximum absolute atomic E-state index is 12.4. The predicted molar refractivity (Wildman–Crippen MR) is 104 cm³/mol. The third kappa shape index (κ3) is 3.65. The summed E-state index contributed by atoms with van der Waals surface area (Å²) in [6.45, 7) is 1.95. The normalized spacial score (nSPS) is 17.1. The molecule has 138 valence electrons. The number of hydrogen-bond acceptors (Lipinski definition) is 6. The molecule has 2 aromatic heterocycles. The fourth-order valence-electron chi connectivity index (χ4n) is 3.21. The monoisotopic (exact) mass is 383 g/mol. The first-order chi connectivity index (χ1) is 13.1. The molecule has 1 fully saturated rings. The van der Waals surface area contributed by atoms with Gasteiger partial charge in [-0.3, -0.25) is 9.78 Å². The van der Waals surface area contributed by atoms with Crippen LogP contribution in [0, 0.1) is 0 Å². The van der Waals surface area contributed by atoms with Crippen molar-refractivity contribution >= 4 is 17.4 Å². The molecule has 0 amide bonds. The molecule has 1 atom stereocenters. The van der Waals surface area contributed by atoms with E-state index in [1.807, 2.05) is 17.0 Å². The number of aromatic nitrogens is 3. The topological polar surface area (TPSA) is 94.1 Å². The zero-order valence-corrected chi connectivity index (χ0v) is 15.1. The fraction of sp³-hybridized carbons (Fsp3) is 0.211. The standard InChI is InChI=1S/C19H18ClN5O2/c20-16-18(23-17(24-19(16)27)12-4-6-21-7-5-12)25-9-8-22-15(11-25)13-2-1-3-14(26)10-13/h1-7,10,15,22,26H,8-9,11H2,(H,23,24,27). The minimum absolute atomic E-state index is 0.00706. The molecule has 1 unspecified atom stereocenters. The summed E-state index contributed by atoms with van der Waals surface area (Å²) < 4.78 is 0. The summed E-state index contributed by atoms with van der Waals surface area (Å²) in [7, 11) is 0. The van der Waals surface area contributed by atoms with E-state index in [1.54, 1.807) is 36.7 Å². The van der Waals surface area contributed by atoms with E-state index in [1.165, 1.54) is 0 Å². The molecule has 1 aliphatic heterocycles. The molecule has 0 aliphatic carbocycles. The summed E-state index contributed by atoms with van der Waals surface area (Å²) in [4.78, 5) is 25.7. The van der Waals surface area contributed by atoms with Crippen molar-refractivity contribution in [3.8, 4) is 17.1 Å². The number of nitrogens with zero attached hydrogens (tertiary/aromatic N) is 3. The summed E-state index contributed by atoms with van der Waals surface area (Å²) in [5.74, 6) is 1.13. The number of piperazine rings is 1. The maximum Gasteiger partial charge on any atom is 0.272 e. The van der Waals surface area contributed by atoms with Crippen LogP contribution in [-0.4, -0.2) is 39.7 Å². The number of halogens is 1. The SMILES string of the molecule is O=c1[nH]c(-c2ccncc2)nc(N2CCNC(c3cccc(O)c3)C2)c1Cl. The van der Waals surface area contributed by atoms with Crippen molar-refractivity contribution in [2.24, 2.45) is 0 Å².